The van der Waals surface area contributed by atoms with Crippen molar-refractivity contribution in [1.82, 2.24) is 4.90 Å². The van der Waals surface area contributed by atoms with Crippen LogP contribution in [0.15, 0.2) is 18.2 Å². The number of halogens is 3. The number of rotatable bonds is 2. The van der Waals surface area contributed by atoms with E-state index >= 15 is 0 Å². The third-order valence-corrected chi connectivity index (χ3v) is 3.95. The fourth-order valence-electron chi connectivity index (χ4n) is 2.85. The van der Waals surface area contributed by atoms with Crippen LogP contribution in [0.3, 0.4) is 0 Å². The second-order valence-corrected chi connectivity index (χ2v) is 5.46. The highest BCUT2D eigenvalue weighted by Gasteiger charge is 2.38. The molecule has 1 aromatic carbocycles. The van der Waals surface area contributed by atoms with Crippen LogP contribution in [-0.4, -0.2) is 43.0 Å². The van der Waals surface area contributed by atoms with Gasteiger partial charge in [0.1, 0.15) is 13.2 Å². The van der Waals surface area contributed by atoms with E-state index in [-0.39, 0.29) is 37.0 Å². The number of nitrogens with zero attached hydrogens (tertiary/aromatic N) is 2. The largest absolute Gasteiger partial charge is 0.489 e. The molecule has 2 aliphatic rings. The highest BCUT2D eigenvalue weighted by Crippen LogP contribution is 2.43. The molecule has 0 N–H and O–H groups in total. The molecule has 1 saturated heterocycles. The number of carbonyl (C=O) groups excluding carboxylic acids is 2. The van der Waals surface area contributed by atoms with Crippen LogP contribution in [0.4, 0.5) is 18.9 Å². The minimum Gasteiger partial charge on any atom is -0.489 e. The summed E-state index contributed by atoms with van der Waals surface area (Å²) in [6, 6.07) is 3.60. The first-order valence-corrected chi connectivity index (χ1v) is 7.29. The Kier molecular flexibility index (Phi) is 3.91. The van der Waals surface area contributed by atoms with Gasteiger partial charge < -0.3 is 14.5 Å². The Bertz CT molecular complexity index is 645. The van der Waals surface area contributed by atoms with Gasteiger partial charge >= 0.3 is 6.18 Å². The first-order chi connectivity index (χ1) is 10.9. The Hall–Kier alpha value is -2.25. The van der Waals surface area contributed by atoms with Crippen LogP contribution in [0.2, 0.25) is 0 Å². The minimum atomic E-state index is -4.55. The van der Waals surface area contributed by atoms with Crippen molar-refractivity contribution in [2.75, 3.05) is 31.1 Å². The van der Waals surface area contributed by atoms with Gasteiger partial charge in [0.2, 0.25) is 11.8 Å². The van der Waals surface area contributed by atoms with Gasteiger partial charge in [-0.3, -0.25) is 9.59 Å². The molecule has 2 heterocycles. The summed E-state index contributed by atoms with van der Waals surface area (Å²) in [5, 5.41) is 0. The molecule has 3 rings (SSSR count). The fraction of sp³-hybridized carbons (Fsp3) is 0.467. The summed E-state index contributed by atoms with van der Waals surface area (Å²) >= 11 is 0. The number of hydrogen-bond acceptors (Lipinski definition) is 3. The minimum absolute atomic E-state index is 0.0141. The molecule has 2 aliphatic heterocycles. The first-order valence-electron chi connectivity index (χ1n) is 7.29. The molecule has 2 amide bonds. The SMILES string of the molecule is O=C1CCCN1CC(=O)N1CCOc2c1cccc2C(F)(F)F. The summed E-state index contributed by atoms with van der Waals surface area (Å²) in [6.45, 7) is 0.536. The van der Waals surface area contributed by atoms with Crippen LogP contribution < -0.4 is 9.64 Å². The van der Waals surface area contributed by atoms with E-state index in [1.165, 1.54) is 21.9 Å². The number of likely N-dealkylation sites (tertiary alicyclic amines) is 1. The molecule has 0 bridgehead atoms. The molecule has 8 heteroatoms. The lowest BCUT2D eigenvalue weighted by atomic mass is 10.1. The molecule has 1 fully saturated rings. The molecule has 0 unspecified atom stereocenters. The zero-order valence-corrected chi connectivity index (χ0v) is 12.2. The monoisotopic (exact) mass is 328 g/mol. The number of benzene rings is 1. The predicted molar refractivity (Wildman–Crippen MR) is 75.1 cm³/mol. The van der Waals surface area contributed by atoms with Gasteiger partial charge in [-0.15, -0.1) is 0 Å². The van der Waals surface area contributed by atoms with Crippen molar-refractivity contribution in [3.8, 4) is 5.75 Å². The number of amides is 2. The molecule has 0 atom stereocenters. The second kappa shape index (κ2) is 5.75. The molecule has 0 spiro atoms. The van der Waals surface area contributed by atoms with E-state index in [1.54, 1.807) is 0 Å². The predicted octanol–water partition coefficient (Wildman–Crippen LogP) is 2.05. The highest BCUT2D eigenvalue weighted by atomic mass is 19.4. The summed E-state index contributed by atoms with van der Waals surface area (Å²) < 4.78 is 44.3. The van der Waals surface area contributed by atoms with E-state index in [4.69, 9.17) is 4.74 Å². The molecule has 23 heavy (non-hydrogen) atoms. The van der Waals surface area contributed by atoms with Crippen LogP contribution in [0.25, 0.3) is 0 Å². The molecule has 0 aromatic heterocycles. The molecule has 124 valence electrons. The maximum Gasteiger partial charge on any atom is 0.420 e. The van der Waals surface area contributed by atoms with Crippen molar-refractivity contribution in [3.05, 3.63) is 23.8 Å². The third-order valence-electron chi connectivity index (χ3n) is 3.95. The lowest BCUT2D eigenvalue weighted by Crippen LogP contribution is -2.44. The Morgan fingerprint density at radius 3 is 2.70 bits per heavy atom. The van der Waals surface area contributed by atoms with E-state index < -0.39 is 17.6 Å². The lowest BCUT2D eigenvalue weighted by Gasteiger charge is -2.32. The molecule has 0 aliphatic carbocycles. The average Bonchev–Trinajstić information content (AvgIpc) is 2.90. The Morgan fingerprint density at radius 1 is 1.26 bits per heavy atom. The van der Waals surface area contributed by atoms with Gasteiger partial charge in [-0.25, -0.2) is 0 Å². The van der Waals surface area contributed by atoms with E-state index in [2.05, 4.69) is 0 Å². The number of ether oxygens (including phenoxy) is 1. The summed E-state index contributed by atoms with van der Waals surface area (Å²) in [5.74, 6) is -0.827. The maximum absolute atomic E-state index is 13.0. The Labute approximate surface area is 130 Å². The number of alkyl halides is 3. The number of fused-ring (bicyclic) bond motifs is 1. The number of hydrogen-bond donors (Lipinski definition) is 0. The summed E-state index contributed by atoms with van der Waals surface area (Å²) in [6.07, 6.45) is -3.45. The Balaban J connectivity index is 1.87. The fourth-order valence-corrected chi connectivity index (χ4v) is 2.85. The van der Waals surface area contributed by atoms with Crippen LogP contribution in [0.5, 0.6) is 5.75 Å². The van der Waals surface area contributed by atoms with Crippen molar-refractivity contribution in [3.63, 3.8) is 0 Å². The smallest absolute Gasteiger partial charge is 0.420 e. The number of carbonyl (C=O) groups is 2. The quantitative estimate of drug-likeness (QED) is 0.835. The number of para-hydroxylation sites is 1. The number of anilines is 1. The third kappa shape index (κ3) is 2.97. The lowest BCUT2D eigenvalue weighted by molar-refractivity contribution is -0.139. The molecule has 5 nitrogen and oxygen atoms in total. The van der Waals surface area contributed by atoms with Crippen molar-refractivity contribution in [2.24, 2.45) is 0 Å². The molecule has 0 radical (unpaired) electrons. The summed E-state index contributed by atoms with van der Waals surface area (Å²) in [7, 11) is 0. The van der Waals surface area contributed by atoms with E-state index in [0.717, 1.165) is 6.07 Å². The average molecular weight is 328 g/mol. The van der Waals surface area contributed by atoms with Crippen molar-refractivity contribution in [1.29, 1.82) is 0 Å². The van der Waals surface area contributed by atoms with Crippen LogP contribution in [-0.2, 0) is 15.8 Å². The van der Waals surface area contributed by atoms with Crippen LogP contribution in [0, 0.1) is 0 Å². The van der Waals surface area contributed by atoms with Crippen molar-refractivity contribution < 1.29 is 27.5 Å². The van der Waals surface area contributed by atoms with Gasteiger partial charge in [0.25, 0.3) is 0 Å². The molecular formula is C15H15F3N2O3. The van der Waals surface area contributed by atoms with Gasteiger partial charge in [0, 0.05) is 13.0 Å². The normalized spacial score (nSPS) is 18.0. The van der Waals surface area contributed by atoms with Gasteiger partial charge in [0.05, 0.1) is 17.8 Å². The summed E-state index contributed by atoms with van der Waals surface area (Å²) in [4.78, 5) is 26.7. The van der Waals surface area contributed by atoms with Crippen molar-refractivity contribution in [2.45, 2.75) is 19.0 Å². The van der Waals surface area contributed by atoms with Gasteiger partial charge in [-0.2, -0.15) is 13.2 Å². The van der Waals surface area contributed by atoms with Crippen LogP contribution in [0.1, 0.15) is 18.4 Å². The van der Waals surface area contributed by atoms with Crippen LogP contribution >= 0.6 is 0 Å². The van der Waals surface area contributed by atoms with Gasteiger partial charge in [-0.05, 0) is 18.6 Å². The molecule has 0 saturated carbocycles. The van der Waals surface area contributed by atoms with E-state index in [0.29, 0.717) is 19.4 Å². The van der Waals surface area contributed by atoms with E-state index in [1.807, 2.05) is 0 Å². The maximum atomic E-state index is 13.0. The first kappa shape index (κ1) is 15.6. The van der Waals surface area contributed by atoms with Gasteiger partial charge in [0.15, 0.2) is 5.75 Å². The highest BCUT2D eigenvalue weighted by molar-refractivity contribution is 5.98. The molecular weight excluding hydrogens is 313 g/mol. The Morgan fingerprint density at radius 2 is 2.04 bits per heavy atom. The summed E-state index contributed by atoms with van der Waals surface area (Å²) in [5.41, 5.74) is -0.799. The van der Waals surface area contributed by atoms with E-state index in [9.17, 15) is 22.8 Å². The molecule has 1 aromatic rings. The zero-order valence-electron chi connectivity index (χ0n) is 12.2. The zero-order chi connectivity index (χ0) is 16.6. The standard InChI is InChI=1S/C15H15F3N2O3/c16-15(17,18)10-3-1-4-11-14(10)23-8-7-20(11)13(22)9-19-6-2-5-12(19)21/h1,3-4H,2,5-9H2. The topological polar surface area (TPSA) is 49.9 Å². The van der Waals surface area contributed by atoms with Gasteiger partial charge in [-0.1, -0.05) is 6.07 Å². The van der Waals surface area contributed by atoms with Crippen molar-refractivity contribution >= 4 is 17.5 Å². The second-order valence-electron chi connectivity index (χ2n) is 5.46.